The lowest BCUT2D eigenvalue weighted by atomic mass is 10.1. The molecule has 0 aliphatic heterocycles. The Morgan fingerprint density at radius 2 is 2.00 bits per heavy atom. The topological polar surface area (TPSA) is 72.5 Å². The first-order chi connectivity index (χ1) is 12.2. The van der Waals surface area contributed by atoms with Gasteiger partial charge in [-0.2, -0.15) is 4.39 Å². The van der Waals surface area contributed by atoms with Crippen LogP contribution >= 0.6 is 0 Å². The average molecular weight is 336 g/mol. The summed E-state index contributed by atoms with van der Waals surface area (Å²) in [6, 6.07) is 9.84. The van der Waals surface area contributed by atoms with Crippen molar-refractivity contribution in [3.63, 3.8) is 0 Å². The SMILES string of the molecule is Oc1ccccc1-c1cnc2nc(COc3ccnc(F)c3)cn2c1. The summed E-state index contributed by atoms with van der Waals surface area (Å²) >= 11 is 0. The Hall–Kier alpha value is -3.48. The van der Waals surface area contributed by atoms with Gasteiger partial charge in [0.05, 0.1) is 5.69 Å². The van der Waals surface area contributed by atoms with Crippen LogP contribution in [0.3, 0.4) is 0 Å². The molecule has 4 aromatic rings. The first-order valence-electron chi connectivity index (χ1n) is 7.55. The molecule has 0 bridgehead atoms. The first-order valence-corrected chi connectivity index (χ1v) is 7.55. The first kappa shape index (κ1) is 15.1. The maximum Gasteiger partial charge on any atom is 0.234 e. The second kappa shape index (κ2) is 6.20. The zero-order valence-corrected chi connectivity index (χ0v) is 13.0. The van der Waals surface area contributed by atoms with Gasteiger partial charge in [-0.3, -0.25) is 4.40 Å². The summed E-state index contributed by atoms with van der Waals surface area (Å²) in [7, 11) is 0. The summed E-state index contributed by atoms with van der Waals surface area (Å²) in [4.78, 5) is 12.1. The zero-order valence-electron chi connectivity index (χ0n) is 13.0. The molecule has 3 heterocycles. The molecule has 3 aromatic heterocycles. The normalized spacial score (nSPS) is 10.9. The molecule has 25 heavy (non-hydrogen) atoms. The molecule has 0 radical (unpaired) electrons. The summed E-state index contributed by atoms with van der Waals surface area (Å²) in [6.07, 6.45) is 6.61. The Morgan fingerprint density at radius 3 is 2.84 bits per heavy atom. The van der Waals surface area contributed by atoms with Crippen LogP contribution in [0.5, 0.6) is 11.5 Å². The Morgan fingerprint density at radius 1 is 1.12 bits per heavy atom. The number of para-hydroxylation sites is 1. The van der Waals surface area contributed by atoms with Gasteiger partial charge in [0.15, 0.2) is 0 Å². The quantitative estimate of drug-likeness (QED) is 0.579. The van der Waals surface area contributed by atoms with Crippen molar-refractivity contribution < 1.29 is 14.2 Å². The van der Waals surface area contributed by atoms with Gasteiger partial charge in [0.25, 0.3) is 0 Å². The van der Waals surface area contributed by atoms with Gasteiger partial charge in [0, 0.05) is 42.0 Å². The van der Waals surface area contributed by atoms with E-state index in [-0.39, 0.29) is 12.4 Å². The third kappa shape index (κ3) is 3.12. The summed E-state index contributed by atoms with van der Waals surface area (Å²) < 4.78 is 20.3. The minimum atomic E-state index is -0.596. The van der Waals surface area contributed by atoms with Gasteiger partial charge in [-0.1, -0.05) is 18.2 Å². The Balaban J connectivity index is 1.59. The van der Waals surface area contributed by atoms with E-state index in [2.05, 4.69) is 15.0 Å². The van der Waals surface area contributed by atoms with E-state index in [0.29, 0.717) is 22.8 Å². The molecule has 1 aromatic carbocycles. The Bertz CT molecular complexity index is 1050. The van der Waals surface area contributed by atoms with E-state index >= 15 is 0 Å². The van der Waals surface area contributed by atoms with Gasteiger partial charge < -0.3 is 9.84 Å². The van der Waals surface area contributed by atoms with Crippen LogP contribution < -0.4 is 4.74 Å². The molecule has 0 aliphatic carbocycles. The van der Waals surface area contributed by atoms with Crippen molar-refractivity contribution in [2.45, 2.75) is 6.61 Å². The van der Waals surface area contributed by atoms with E-state index < -0.39 is 5.95 Å². The molecule has 0 amide bonds. The summed E-state index contributed by atoms with van der Waals surface area (Å²) in [6.45, 7) is 0.179. The van der Waals surface area contributed by atoms with Crippen LogP contribution in [-0.2, 0) is 6.61 Å². The highest BCUT2D eigenvalue weighted by Gasteiger charge is 2.08. The molecule has 6 nitrogen and oxygen atoms in total. The highest BCUT2D eigenvalue weighted by molar-refractivity contribution is 5.69. The van der Waals surface area contributed by atoms with Crippen molar-refractivity contribution >= 4 is 5.78 Å². The number of rotatable bonds is 4. The number of halogens is 1. The number of benzene rings is 1. The van der Waals surface area contributed by atoms with Crippen molar-refractivity contribution in [3.05, 3.63) is 72.8 Å². The van der Waals surface area contributed by atoms with E-state index in [0.717, 1.165) is 5.56 Å². The van der Waals surface area contributed by atoms with E-state index in [1.807, 2.05) is 18.3 Å². The number of aromatic nitrogens is 4. The largest absolute Gasteiger partial charge is 0.507 e. The Labute approximate surface area is 142 Å². The molecule has 4 rings (SSSR count). The molecule has 0 aliphatic rings. The third-order valence-electron chi connectivity index (χ3n) is 3.66. The predicted octanol–water partition coefficient (Wildman–Crippen LogP) is 3.22. The summed E-state index contributed by atoms with van der Waals surface area (Å²) in [5.74, 6) is 0.486. The van der Waals surface area contributed by atoms with Crippen LogP contribution in [0.25, 0.3) is 16.9 Å². The van der Waals surface area contributed by atoms with E-state index in [1.165, 1.54) is 12.3 Å². The molecule has 0 atom stereocenters. The lowest BCUT2D eigenvalue weighted by Gasteiger charge is -2.04. The van der Waals surface area contributed by atoms with Crippen LogP contribution in [0.2, 0.25) is 0 Å². The van der Waals surface area contributed by atoms with Gasteiger partial charge in [-0.25, -0.2) is 15.0 Å². The number of fused-ring (bicyclic) bond motifs is 1. The molecular weight excluding hydrogens is 323 g/mol. The number of pyridine rings is 1. The van der Waals surface area contributed by atoms with Crippen LogP contribution in [-0.4, -0.2) is 24.5 Å². The van der Waals surface area contributed by atoms with Gasteiger partial charge >= 0.3 is 0 Å². The summed E-state index contributed by atoms with van der Waals surface area (Å²) in [5, 5.41) is 9.97. The fraction of sp³-hybridized carbons (Fsp3) is 0.0556. The number of ether oxygens (including phenoxy) is 1. The van der Waals surface area contributed by atoms with Crippen molar-refractivity contribution in [3.8, 4) is 22.6 Å². The van der Waals surface area contributed by atoms with Gasteiger partial charge in [-0.15, -0.1) is 0 Å². The monoisotopic (exact) mass is 336 g/mol. The number of hydrogen-bond acceptors (Lipinski definition) is 5. The second-order valence-corrected chi connectivity index (χ2v) is 5.40. The van der Waals surface area contributed by atoms with Gasteiger partial charge in [-0.05, 0) is 12.1 Å². The number of aromatic hydroxyl groups is 1. The number of imidazole rings is 1. The maximum atomic E-state index is 13.1. The lowest BCUT2D eigenvalue weighted by molar-refractivity contribution is 0.299. The summed E-state index contributed by atoms with van der Waals surface area (Å²) in [5.41, 5.74) is 2.11. The van der Waals surface area contributed by atoms with Gasteiger partial charge in [0.2, 0.25) is 11.7 Å². The minimum Gasteiger partial charge on any atom is -0.507 e. The molecule has 7 heteroatoms. The minimum absolute atomic E-state index is 0.179. The van der Waals surface area contributed by atoms with Crippen molar-refractivity contribution in [1.82, 2.24) is 19.4 Å². The number of nitrogens with zero attached hydrogens (tertiary/aromatic N) is 4. The van der Waals surface area contributed by atoms with Crippen molar-refractivity contribution in [1.29, 1.82) is 0 Å². The maximum absolute atomic E-state index is 13.1. The molecule has 0 saturated heterocycles. The molecule has 0 saturated carbocycles. The lowest BCUT2D eigenvalue weighted by Crippen LogP contribution is -1.96. The Kier molecular flexibility index (Phi) is 3.74. The molecule has 1 N–H and O–H groups in total. The van der Waals surface area contributed by atoms with Gasteiger partial charge in [0.1, 0.15) is 18.1 Å². The number of hydrogen-bond donors (Lipinski definition) is 1. The van der Waals surface area contributed by atoms with Crippen LogP contribution in [0.1, 0.15) is 5.69 Å². The van der Waals surface area contributed by atoms with Crippen molar-refractivity contribution in [2.24, 2.45) is 0 Å². The second-order valence-electron chi connectivity index (χ2n) is 5.40. The molecule has 124 valence electrons. The molecule has 0 spiro atoms. The number of phenols is 1. The molecular formula is C18H13FN4O2. The fourth-order valence-electron chi connectivity index (χ4n) is 2.49. The third-order valence-corrected chi connectivity index (χ3v) is 3.66. The van der Waals surface area contributed by atoms with E-state index in [4.69, 9.17) is 4.74 Å². The van der Waals surface area contributed by atoms with E-state index in [1.54, 1.807) is 35.0 Å². The van der Waals surface area contributed by atoms with Crippen LogP contribution in [0.4, 0.5) is 4.39 Å². The smallest absolute Gasteiger partial charge is 0.234 e. The molecule has 0 unspecified atom stereocenters. The fourth-order valence-corrected chi connectivity index (χ4v) is 2.49. The highest BCUT2D eigenvalue weighted by atomic mass is 19.1. The average Bonchev–Trinajstić information content (AvgIpc) is 3.02. The predicted molar refractivity (Wildman–Crippen MR) is 88.6 cm³/mol. The van der Waals surface area contributed by atoms with E-state index in [9.17, 15) is 9.50 Å². The van der Waals surface area contributed by atoms with Crippen LogP contribution in [0, 0.1) is 5.95 Å². The standard InChI is InChI=1S/C18H13FN4O2/c19-17-7-14(5-6-20-17)25-11-13-10-23-9-12(8-21-18(23)22-13)15-3-1-2-4-16(15)24/h1-10,24H,11H2. The van der Waals surface area contributed by atoms with Crippen LogP contribution in [0.15, 0.2) is 61.2 Å². The number of phenolic OH excluding ortho intramolecular Hbond substituents is 1. The molecule has 0 fully saturated rings. The van der Waals surface area contributed by atoms with Crippen molar-refractivity contribution in [2.75, 3.05) is 0 Å². The zero-order chi connectivity index (χ0) is 17.2. The highest BCUT2D eigenvalue weighted by Crippen LogP contribution is 2.28.